The standard InChI is InChI=1S/C31H31NO7/c1-31(2,3)21-10-7-19(8-11-21)27-26(28(33)20-9-13-22(36-4)24(15-20)37-5)29(34)30(35)32(27)16-18-6-12-23-25(14-18)39-17-38-23/h6-15,27,33H,16-17H2,1-5H3/b28-26+. The van der Waals surface area contributed by atoms with Gasteiger partial charge in [-0.3, -0.25) is 9.59 Å². The molecule has 0 bridgehead atoms. The lowest BCUT2D eigenvalue weighted by Gasteiger charge is -2.27. The van der Waals surface area contributed by atoms with Crippen molar-refractivity contribution in [3.63, 3.8) is 0 Å². The van der Waals surface area contributed by atoms with Gasteiger partial charge in [-0.15, -0.1) is 0 Å². The first-order valence-electron chi connectivity index (χ1n) is 12.6. The lowest BCUT2D eigenvalue weighted by atomic mass is 9.85. The van der Waals surface area contributed by atoms with Gasteiger partial charge >= 0.3 is 0 Å². The average Bonchev–Trinajstić information content (AvgIpc) is 3.49. The van der Waals surface area contributed by atoms with Gasteiger partial charge in [-0.2, -0.15) is 0 Å². The number of Topliss-reactive ketones (excluding diaryl/α,β-unsaturated/α-hetero) is 1. The van der Waals surface area contributed by atoms with Crippen molar-refractivity contribution in [3.8, 4) is 23.0 Å². The second kappa shape index (κ2) is 10.0. The van der Waals surface area contributed by atoms with Crippen LogP contribution in [0.15, 0.2) is 66.2 Å². The van der Waals surface area contributed by atoms with Crippen molar-refractivity contribution in [2.75, 3.05) is 21.0 Å². The summed E-state index contributed by atoms with van der Waals surface area (Å²) in [5, 5.41) is 11.5. The summed E-state index contributed by atoms with van der Waals surface area (Å²) in [5.41, 5.74) is 2.86. The predicted octanol–water partition coefficient (Wildman–Crippen LogP) is 5.35. The molecular weight excluding hydrogens is 498 g/mol. The van der Waals surface area contributed by atoms with Crippen molar-refractivity contribution in [2.45, 2.75) is 38.8 Å². The molecular formula is C31H31NO7. The number of benzene rings is 3. The smallest absolute Gasteiger partial charge is 0.295 e. The molecule has 0 aromatic heterocycles. The van der Waals surface area contributed by atoms with Crippen molar-refractivity contribution in [1.82, 2.24) is 4.90 Å². The monoisotopic (exact) mass is 529 g/mol. The van der Waals surface area contributed by atoms with Crippen molar-refractivity contribution in [2.24, 2.45) is 0 Å². The molecule has 1 N–H and O–H groups in total. The lowest BCUT2D eigenvalue weighted by molar-refractivity contribution is -0.140. The van der Waals surface area contributed by atoms with Crippen LogP contribution in [0, 0.1) is 0 Å². The third-order valence-electron chi connectivity index (χ3n) is 7.08. The Morgan fingerprint density at radius 2 is 1.62 bits per heavy atom. The van der Waals surface area contributed by atoms with Gasteiger partial charge in [0.1, 0.15) is 5.76 Å². The van der Waals surface area contributed by atoms with E-state index >= 15 is 0 Å². The molecule has 0 radical (unpaired) electrons. The Labute approximate surface area is 227 Å². The number of fused-ring (bicyclic) bond motifs is 1. The number of aliphatic hydroxyl groups excluding tert-OH is 1. The zero-order valence-corrected chi connectivity index (χ0v) is 22.6. The van der Waals surface area contributed by atoms with Crippen LogP contribution in [0.4, 0.5) is 0 Å². The molecule has 5 rings (SSSR count). The van der Waals surface area contributed by atoms with Gasteiger partial charge in [0.15, 0.2) is 23.0 Å². The maximum atomic E-state index is 13.5. The Morgan fingerprint density at radius 1 is 0.923 bits per heavy atom. The number of ketones is 1. The zero-order valence-electron chi connectivity index (χ0n) is 22.6. The number of nitrogens with zero attached hydrogens (tertiary/aromatic N) is 1. The van der Waals surface area contributed by atoms with E-state index in [1.54, 1.807) is 30.3 Å². The van der Waals surface area contributed by atoms with Crippen molar-refractivity contribution in [1.29, 1.82) is 0 Å². The minimum absolute atomic E-state index is 0.0106. The maximum absolute atomic E-state index is 13.5. The van der Waals surface area contributed by atoms with Crippen LogP contribution in [0.5, 0.6) is 23.0 Å². The Hall–Kier alpha value is -4.46. The molecule has 202 valence electrons. The number of carbonyl (C=O) groups is 2. The lowest BCUT2D eigenvalue weighted by Crippen LogP contribution is -2.29. The Kier molecular flexibility index (Phi) is 6.72. The Balaban J connectivity index is 1.62. The van der Waals surface area contributed by atoms with Gasteiger partial charge in [0, 0.05) is 12.1 Å². The molecule has 1 amide bonds. The van der Waals surface area contributed by atoms with Gasteiger partial charge in [-0.1, -0.05) is 51.1 Å². The van der Waals surface area contributed by atoms with E-state index in [9.17, 15) is 14.7 Å². The van der Waals surface area contributed by atoms with E-state index in [-0.39, 0.29) is 30.1 Å². The highest BCUT2D eigenvalue weighted by atomic mass is 16.7. The minimum atomic E-state index is -0.808. The van der Waals surface area contributed by atoms with E-state index in [1.807, 2.05) is 30.3 Å². The first-order valence-corrected chi connectivity index (χ1v) is 12.6. The summed E-state index contributed by atoms with van der Waals surface area (Å²) < 4.78 is 21.6. The molecule has 2 heterocycles. The van der Waals surface area contributed by atoms with E-state index in [0.717, 1.165) is 11.1 Å². The SMILES string of the molecule is COc1ccc(/C(O)=C2\C(=O)C(=O)N(Cc3ccc4c(c3)OCO4)C2c2ccc(C(C)(C)C)cc2)cc1OC. The fourth-order valence-electron chi connectivity index (χ4n) is 4.93. The molecule has 2 aliphatic rings. The van der Waals surface area contributed by atoms with Gasteiger partial charge < -0.3 is 29.0 Å². The highest BCUT2D eigenvalue weighted by Gasteiger charge is 2.46. The van der Waals surface area contributed by atoms with Crippen LogP contribution < -0.4 is 18.9 Å². The fraction of sp³-hybridized carbons (Fsp3) is 0.290. The number of amides is 1. The second-order valence-electron chi connectivity index (χ2n) is 10.6. The molecule has 3 aromatic carbocycles. The molecule has 39 heavy (non-hydrogen) atoms. The number of rotatable bonds is 6. The second-order valence-corrected chi connectivity index (χ2v) is 10.6. The van der Waals surface area contributed by atoms with Crippen LogP contribution in [0.25, 0.3) is 5.76 Å². The molecule has 0 spiro atoms. The van der Waals surface area contributed by atoms with E-state index < -0.39 is 17.7 Å². The van der Waals surface area contributed by atoms with E-state index in [1.165, 1.54) is 19.1 Å². The number of aliphatic hydroxyl groups is 1. The number of hydrogen-bond acceptors (Lipinski definition) is 7. The van der Waals surface area contributed by atoms with E-state index in [4.69, 9.17) is 18.9 Å². The van der Waals surface area contributed by atoms with Gasteiger partial charge in [0.05, 0.1) is 25.8 Å². The van der Waals surface area contributed by atoms with Gasteiger partial charge in [-0.25, -0.2) is 0 Å². The minimum Gasteiger partial charge on any atom is -0.507 e. The van der Waals surface area contributed by atoms with Crippen LogP contribution in [0.2, 0.25) is 0 Å². The Bertz CT molecular complexity index is 1470. The van der Waals surface area contributed by atoms with Crippen molar-refractivity contribution in [3.05, 3.63) is 88.5 Å². The topological polar surface area (TPSA) is 94.5 Å². The average molecular weight is 530 g/mol. The van der Waals surface area contributed by atoms with E-state index in [2.05, 4.69) is 20.8 Å². The molecule has 1 unspecified atom stereocenters. The zero-order chi connectivity index (χ0) is 27.9. The summed E-state index contributed by atoms with van der Waals surface area (Å²) in [6.07, 6.45) is 0. The molecule has 8 nitrogen and oxygen atoms in total. The predicted molar refractivity (Wildman–Crippen MR) is 145 cm³/mol. The van der Waals surface area contributed by atoms with Crippen molar-refractivity contribution < 1.29 is 33.6 Å². The van der Waals surface area contributed by atoms with Gasteiger partial charge in [-0.05, 0) is 52.4 Å². The first-order chi connectivity index (χ1) is 18.6. The number of likely N-dealkylation sites (tertiary alicyclic amines) is 1. The number of carbonyl (C=O) groups excluding carboxylic acids is 2. The summed E-state index contributed by atoms with van der Waals surface area (Å²) in [6, 6.07) is 17.3. The summed E-state index contributed by atoms with van der Waals surface area (Å²) in [6.45, 7) is 6.62. The maximum Gasteiger partial charge on any atom is 0.295 e. The highest BCUT2D eigenvalue weighted by Crippen LogP contribution is 2.42. The van der Waals surface area contributed by atoms with E-state index in [0.29, 0.717) is 34.1 Å². The molecule has 3 aromatic rings. The molecule has 0 aliphatic carbocycles. The fourth-order valence-corrected chi connectivity index (χ4v) is 4.93. The summed E-state index contributed by atoms with van der Waals surface area (Å²) in [7, 11) is 3.00. The molecule has 2 aliphatic heterocycles. The summed E-state index contributed by atoms with van der Waals surface area (Å²) in [4.78, 5) is 28.4. The summed E-state index contributed by atoms with van der Waals surface area (Å²) >= 11 is 0. The third-order valence-corrected chi connectivity index (χ3v) is 7.08. The van der Waals surface area contributed by atoms with Crippen LogP contribution in [0.1, 0.15) is 49.1 Å². The number of ether oxygens (including phenoxy) is 4. The number of methoxy groups -OCH3 is 2. The number of hydrogen-bond donors (Lipinski definition) is 1. The normalized spacial score (nSPS) is 18.0. The van der Waals surface area contributed by atoms with Crippen LogP contribution in [-0.2, 0) is 21.5 Å². The molecule has 0 saturated carbocycles. The third kappa shape index (κ3) is 4.78. The van der Waals surface area contributed by atoms with Crippen molar-refractivity contribution >= 4 is 17.4 Å². The Morgan fingerprint density at radius 3 is 2.28 bits per heavy atom. The molecule has 1 fully saturated rings. The molecule has 1 saturated heterocycles. The quantitative estimate of drug-likeness (QED) is 0.261. The largest absolute Gasteiger partial charge is 0.507 e. The van der Waals surface area contributed by atoms with Crippen LogP contribution >= 0.6 is 0 Å². The van der Waals surface area contributed by atoms with Crippen LogP contribution in [0.3, 0.4) is 0 Å². The van der Waals surface area contributed by atoms with Crippen LogP contribution in [-0.4, -0.2) is 42.7 Å². The molecule has 8 heteroatoms. The summed E-state index contributed by atoms with van der Waals surface area (Å²) in [5.74, 6) is 0.345. The highest BCUT2D eigenvalue weighted by molar-refractivity contribution is 6.46. The van der Waals surface area contributed by atoms with Gasteiger partial charge in [0.2, 0.25) is 6.79 Å². The van der Waals surface area contributed by atoms with Gasteiger partial charge in [0.25, 0.3) is 11.7 Å². The first kappa shape index (κ1) is 26.2. The molecule has 1 atom stereocenters.